The molecular formula is C24H26N2O4S2. The van der Waals surface area contributed by atoms with E-state index in [1.54, 1.807) is 6.08 Å². The predicted octanol–water partition coefficient (Wildman–Crippen LogP) is 4.69. The lowest BCUT2D eigenvalue weighted by Gasteiger charge is -2.56. The Kier molecular flexibility index (Phi) is 5.90. The number of hydrogen-bond acceptors (Lipinski definition) is 6. The molecule has 2 aromatic heterocycles. The van der Waals surface area contributed by atoms with Gasteiger partial charge in [-0.25, -0.2) is 9.59 Å². The van der Waals surface area contributed by atoms with Gasteiger partial charge in [0.25, 0.3) is 5.91 Å². The number of thiophene rings is 2. The van der Waals surface area contributed by atoms with Gasteiger partial charge in [-0.1, -0.05) is 12.1 Å². The molecule has 0 atom stereocenters. The van der Waals surface area contributed by atoms with E-state index in [0.717, 1.165) is 29.0 Å². The van der Waals surface area contributed by atoms with Crippen LogP contribution in [0.4, 0.5) is 4.79 Å². The highest BCUT2D eigenvalue weighted by Crippen LogP contribution is 2.55. The molecule has 4 fully saturated rings. The summed E-state index contributed by atoms with van der Waals surface area (Å²) in [6.07, 6.45) is 8.62. The van der Waals surface area contributed by atoms with E-state index in [-0.39, 0.29) is 5.54 Å². The fourth-order valence-corrected chi connectivity index (χ4v) is 7.47. The minimum Gasteiger partial charge on any atom is -0.452 e. The highest BCUT2D eigenvalue weighted by molar-refractivity contribution is 7.12. The van der Waals surface area contributed by atoms with Crippen molar-refractivity contribution in [2.24, 2.45) is 17.8 Å². The molecular weight excluding hydrogens is 444 g/mol. The van der Waals surface area contributed by atoms with Crippen molar-refractivity contribution >= 4 is 52.2 Å². The quantitative estimate of drug-likeness (QED) is 0.474. The average molecular weight is 471 g/mol. The number of nitrogens with one attached hydrogen (secondary N) is 2. The van der Waals surface area contributed by atoms with Gasteiger partial charge in [-0.15, -0.1) is 22.7 Å². The molecule has 8 heteroatoms. The Bertz CT molecular complexity index is 991. The Balaban J connectivity index is 1.16. The monoisotopic (exact) mass is 470 g/mol. The highest BCUT2D eigenvalue weighted by Gasteiger charge is 2.51. The first kappa shape index (κ1) is 21.4. The third-order valence-corrected chi connectivity index (χ3v) is 8.56. The number of carbonyl (C=O) groups excluding carboxylic acids is 3. The van der Waals surface area contributed by atoms with Gasteiger partial charge in [-0.05, 0) is 85.2 Å². The number of amides is 3. The standard InChI is InChI=1S/C24H26N2O4S2/c27-21(25-23(29)26-24-11-15-7-16(12-24)9-17(8-15)13-24)14-30-22(28)19(20-4-2-6-32-20)10-18-3-1-5-31-18/h1-6,10,15-17H,7-9,11-14H2,(H2,25,26,27,29). The van der Waals surface area contributed by atoms with Crippen LogP contribution in [0, 0.1) is 17.8 Å². The maximum atomic E-state index is 12.7. The predicted molar refractivity (Wildman–Crippen MR) is 125 cm³/mol. The number of hydrogen-bond donors (Lipinski definition) is 2. The molecule has 2 aromatic rings. The van der Waals surface area contributed by atoms with Crippen molar-refractivity contribution < 1.29 is 19.1 Å². The van der Waals surface area contributed by atoms with E-state index in [9.17, 15) is 14.4 Å². The van der Waals surface area contributed by atoms with Crippen molar-refractivity contribution in [2.75, 3.05) is 6.61 Å². The molecule has 2 heterocycles. The second kappa shape index (κ2) is 8.83. The average Bonchev–Trinajstić information content (AvgIpc) is 3.42. The summed E-state index contributed by atoms with van der Waals surface area (Å²) < 4.78 is 5.25. The van der Waals surface area contributed by atoms with Crippen molar-refractivity contribution in [1.29, 1.82) is 0 Å². The van der Waals surface area contributed by atoms with Crippen molar-refractivity contribution in [3.8, 4) is 0 Å². The number of ether oxygens (including phenoxy) is 1. The number of urea groups is 1. The SMILES string of the molecule is O=C(COC(=O)C(=Cc1cccs1)c1cccs1)NC(=O)NC12CC3CC(CC(C3)C1)C2. The molecule has 0 unspecified atom stereocenters. The normalized spacial score (nSPS) is 28.4. The number of rotatable bonds is 6. The zero-order chi connectivity index (χ0) is 22.1. The largest absolute Gasteiger partial charge is 0.452 e. The second-order valence-electron chi connectivity index (χ2n) is 9.33. The highest BCUT2D eigenvalue weighted by atomic mass is 32.1. The molecule has 4 aliphatic rings. The lowest BCUT2D eigenvalue weighted by molar-refractivity contribution is -0.142. The summed E-state index contributed by atoms with van der Waals surface area (Å²) in [5, 5.41) is 9.26. The topological polar surface area (TPSA) is 84.5 Å². The summed E-state index contributed by atoms with van der Waals surface area (Å²) in [5.41, 5.74) is 0.222. The van der Waals surface area contributed by atoms with Gasteiger partial charge in [0.15, 0.2) is 6.61 Å². The van der Waals surface area contributed by atoms with Crippen LogP contribution in [0.5, 0.6) is 0 Å². The van der Waals surface area contributed by atoms with Gasteiger partial charge in [0, 0.05) is 15.3 Å². The van der Waals surface area contributed by atoms with E-state index in [1.807, 2.05) is 35.0 Å². The molecule has 0 spiro atoms. The fourth-order valence-electron chi connectivity index (χ4n) is 6.09. The Labute approximate surface area is 195 Å². The Morgan fingerprint density at radius 2 is 1.66 bits per heavy atom. The van der Waals surface area contributed by atoms with Crippen LogP contribution in [-0.2, 0) is 14.3 Å². The second-order valence-corrected chi connectivity index (χ2v) is 11.3. The maximum absolute atomic E-state index is 12.7. The molecule has 0 aliphatic heterocycles. The van der Waals surface area contributed by atoms with Crippen LogP contribution in [0.25, 0.3) is 11.6 Å². The van der Waals surface area contributed by atoms with Gasteiger partial charge < -0.3 is 10.1 Å². The lowest BCUT2D eigenvalue weighted by atomic mass is 9.53. The summed E-state index contributed by atoms with van der Waals surface area (Å²) in [6, 6.07) is 7.03. The zero-order valence-corrected chi connectivity index (χ0v) is 19.3. The molecule has 32 heavy (non-hydrogen) atoms. The molecule has 4 saturated carbocycles. The minimum atomic E-state index is -0.623. The van der Waals surface area contributed by atoms with E-state index >= 15 is 0 Å². The first-order valence-electron chi connectivity index (χ1n) is 11.1. The van der Waals surface area contributed by atoms with Crippen LogP contribution in [0.2, 0.25) is 0 Å². The minimum absolute atomic E-state index is 0.175. The van der Waals surface area contributed by atoms with Crippen LogP contribution in [0.1, 0.15) is 48.3 Å². The number of imide groups is 1. The zero-order valence-electron chi connectivity index (χ0n) is 17.7. The fraction of sp³-hybridized carbons (Fsp3) is 0.458. The third-order valence-electron chi connectivity index (χ3n) is 6.84. The van der Waals surface area contributed by atoms with E-state index in [0.29, 0.717) is 23.3 Å². The Morgan fingerprint density at radius 1 is 1.00 bits per heavy atom. The summed E-state index contributed by atoms with van der Waals surface area (Å²) in [5.74, 6) is 0.886. The van der Waals surface area contributed by atoms with Gasteiger partial charge in [0.05, 0.1) is 5.57 Å². The number of carbonyl (C=O) groups is 3. The first-order chi connectivity index (χ1) is 15.5. The number of esters is 1. The summed E-state index contributed by atoms with van der Waals surface area (Å²) in [6.45, 7) is -0.500. The van der Waals surface area contributed by atoms with Crippen molar-refractivity contribution in [3.63, 3.8) is 0 Å². The van der Waals surface area contributed by atoms with Crippen LogP contribution in [0.3, 0.4) is 0 Å². The molecule has 6 nitrogen and oxygen atoms in total. The van der Waals surface area contributed by atoms with E-state index in [2.05, 4.69) is 10.6 Å². The molecule has 0 saturated heterocycles. The van der Waals surface area contributed by atoms with Gasteiger partial charge in [0.1, 0.15) is 0 Å². The lowest BCUT2D eigenvalue weighted by Crippen LogP contribution is -2.62. The van der Waals surface area contributed by atoms with E-state index in [1.165, 1.54) is 41.9 Å². The molecule has 0 radical (unpaired) electrons. The maximum Gasteiger partial charge on any atom is 0.340 e. The molecule has 0 aromatic carbocycles. The summed E-state index contributed by atoms with van der Waals surface area (Å²) in [4.78, 5) is 39.2. The Hall–Kier alpha value is -2.45. The molecule has 2 N–H and O–H groups in total. The first-order valence-corrected chi connectivity index (χ1v) is 12.8. The molecule has 4 bridgehead atoms. The van der Waals surface area contributed by atoms with Crippen LogP contribution >= 0.6 is 22.7 Å². The third kappa shape index (κ3) is 4.66. The van der Waals surface area contributed by atoms with E-state index in [4.69, 9.17) is 4.74 Å². The van der Waals surface area contributed by atoms with Gasteiger partial charge in [0.2, 0.25) is 0 Å². The van der Waals surface area contributed by atoms with Crippen molar-refractivity contribution in [1.82, 2.24) is 10.6 Å². The summed E-state index contributed by atoms with van der Waals surface area (Å²) >= 11 is 2.94. The smallest absolute Gasteiger partial charge is 0.340 e. The van der Waals surface area contributed by atoms with Crippen molar-refractivity contribution in [3.05, 3.63) is 44.8 Å². The van der Waals surface area contributed by atoms with Gasteiger partial charge >= 0.3 is 12.0 Å². The molecule has 168 valence electrons. The van der Waals surface area contributed by atoms with Gasteiger partial charge in [-0.2, -0.15) is 0 Å². The van der Waals surface area contributed by atoms with Gasteiger partial charge in [-0.3, -0.25) is 10.1 Å². The van der Waals surface area contributed by atoms with Crippen molar-refractivity contribution in [2.45, 2.75) is 44.1 Å². The molecule has 6 rings (SSSR count). The van der Waals surface area contributed by atoms with Crippen LogP contribution in [0.15, 0.2) is 35.0 Å². The van der Waals surface area contributed by atoms with Crippen LogP contribution in [-0.4, -0.2) is 30.1 Å². The molecule has 3 amide bonds. The van der Waals surface area contributed by atoms with E-state index < -0.39 is 24.5 Å². The Morgan fingerprint density at radius 3 is 2.25 bits per heavy atom. The summed E-state index contributed by atoms with van der Waals surface area (Å²) in [7, 11) is 0. The van der Waals surface area contributed by atoms with Crippen LogP contribution < -0.4 is 10.6 Å². The molecule has 4 aliphatic carbocycles.